The molecule has 4 heteroatoms. The number of hydrogen-bond donors (Lipinski definition) is 1. The Morgan fingerprint density at radius 3 is 2.60 bits per heavy atom. The highest BCUT2D eigenvalue weighted by Gasteiger charge is 2.41. The minimum Gasteiger partial charge on any atom is -0.314 e. The van der Waals surface area contributed by atoms with Gasteiger partial charge in [0, 0.05) is 42.2 Å². The van der Waals surface area contributed by atoms with Crippen molar-refractivity contribution in [3.8, 4) is 0 Å². The molecule has 2 aromatic rings. The van der Waals surface area contributed by atoms with Crippen LogP contribution in [0.3, 0.4) is 0 Å². The SMILES string of the molecule is CC1(C)CNCCN1C1CC(c2ccc(F)cc2)c2ccc(Cl)cc21. The molecule has 0 radical (unpaired) electrons. The summed E-state index contributed by atoms with van der Waals surface area (Å²) in [6.07, 6.45) is 1.02. The zero-order chi connectivity index (χ0) is 17.6. The van der Waals surface area contributed by atoms with Crippen molar-refractivity contribution in [2.45, 2.75) is 37.8 Å². The monoisotopic (exact) mass is 358 g/mol. The number of nitrogens with one attached hydrogen (secondary N) is 1. The molecule has 2 aromatic carbocycles. The number of piperazine rings is 1. The van der Waals surface area contributed by atoms with Gasteiger partial charge in [0.15, 0.2) is 0 Å². The van der Waals surface area contributed by atoms with Gasteiger partial charge in [-0.15, -0.1) is 0 Å². The molecule has 1 fully saturated rings. The van der Waals surface area contributed by atoms with Crippen LogP contribution in [0.25, 0.3) is 0 Å². The first kappa shape index (κ1) is 17.0. The molecule has 2 nitrogen and oxygen atoms in total. The molecular formula is C21H24ClFN2. The van der Waals surface area contributed by atoms with E-state index in [9.17, 15) is 4.39 Å². The molecule has 0 amide bonds. The van der Waals surface area contributed by atoms with E-state index in [0.717, 1.165) is 31.1 Å². The van der Waals surface area contributed by atoms with Crippen LogP contribution in [0.4, 0.5) is 4.39 Å². The molecule has 2 unspecified atom stereocenters. The van der Waals surface area contributed by atoms with Crippen LogP contribution in [0, 0.1) is 5.82 Å². The Morgan fingerprint density at radius 2 is 1.88 bits per heavy atom. The van der Waals surface area contributed by atoms with E-state index >= 15 is 0 Å². The molecular weight excluding hydrogens is 335 g/mol. The lowest BCUT2D eigenvalue weighted by atomic mass is 9.92. The summed E-state index contributed by atoms with van der Waals surface area (Å²) in [4.78, 5) is 2.61. The maximum atomic E-state index is 13.4. The summed E-state index contributed by atoms with van der Waals surface area (Å²) in [6, 6.07) is 13.6. The second kappa shape index (κ2) is 6.39. The quantitative estimate of drug-likeness (QED) is 0.834. The van der Waals surface area contributed by atoms with Crippen molar-refractivity contribution in [3.05, 3.63) is 70.0 Å². The third-order valence-electron chi connectivity index (χ3n) is 5.76. The number of benzene rings is 2. The van der Waals surface area contributed by atoms with Gasteiger partial charge in [-0.3, -0.25) is 4.90 Å². The van der Waals surface area contributed by atoms with Crippen LogP contribution in [-0.4, -0.2) is 30.1 Å². The van der Waals surface area contributed by atoms with Crippen LogP contribution < -0.4 is 5.32 Å². The van der Waals surface area contributed by atoms with E-state index in [-0.39, 0.29) is 11.4 Å². The van der Waals surface area contributed by atoms with Crippen molar-refractivity contribution in [2.75, 3.05) is 19.6 Å². The van der Waals surface area contributed by atoms with E-state index in [2.05, 4.69) is 36.2 Å². The van der Waals surface area contributed by atoms with Crippen molar-refractivity contribution in [3.63, 3.8) is 0 Å². The number of fused-ring (bicyclic) bond motifs is 1. The molecule has 1 saturated heterocycles. The predicted molar refractivity (Wildman–Crippen MR) is 101 cm³/mol. The van der Waals surface area contributed by atoms with Gasteiger partial charge in [0.05, 0.1) is 0 Å². The van der Waals surface area contributed by atoms with E-state index in [0.29, 0.717) is 12.0 Å². The standard InChI is InChI=1S/C21H24ClFN2/c1-21(2)13-24-9-10-25(21)20-12-18(14-3-6-16(23)7-4-14)17-8-5-15(22)11-19(17)20/h3-8,11,18,20,24H,9-10,12-13H2,1-2H3. The average Bonchev–Trinajstić information content (AvgIpc) is 2.93. The molecule has 2 atom stereocenters. The van der Waals surface area contributed by atoms with Crippen molar-refractivity contribution in [2.24, 2.45) is 0 Å². The second-order valence-electron chi connectivity index (χ2n) is 7.81. The topological polar surface area (TPSA) is 15.3 Å². The molecule has 0 spiro atoms. The average molecular weight is 359 g/mol. The fraction of sp³-hybridized carbons (Fsp3) is 0.429. The van der Waals surface area contributed by atoms with E-state index < -0.39 is 0 Å². The van der Waals surface area contributed by atoms with Crippen LogP contribution in [0.15, 0.2) is 42.5 Å². The normalized spacial score (nSPS) is 25.8. The van der Waals surface area contributed by atoms with Crippen LogP contribution in [-0.2, 0) is 0 Å². The Hall–Kier alpha value is -1.42. The molecule has 2 aliphatic rings. The third kappa shape index (κ3) is 3.10. The van der Waals surface area contributed by atoms with Gasteiger partial charge in [-0.2, -0.15) is 0 Å². The van der Waals surface area contributed by atoms with Crippen LogP contribution in [0.2, 0.25) is 5.02 Å². The van der Waals surface area contributed by atoms with Crippen LogP contribution in [0.1, 0.15) is 48.9 Å². The molecule has 0 bridgehead atoms. The third-order valence-corrected chi connectivity index (χ3v) is 5.99. The molecule has 4 rings (SSSR count). The molecule has 1 heterocycles. The van der Waals surface area contributed by atoms with E-state index in [1.807, 2.05) is 18.2 Å². The lowest BCUT2D eigenvalue weighted by Gasteiger charge is -2.46. The van der Waals surface area contributed by atoms with Gasteiger partial charge in [0.25, 0.3) is 0 Å². The fourth-order valence-corrected chi connectivity index (χ4v) is 4.69. The number of nitrogens with zero attached hydrogens (tertiary/aromatic N) is 1. The van der Waals surface area contributed by atoms with Crippen molar-refractivity contribution in [1.29, 1.82) is 0 Å². The van der Waals surface area contributed by atoms with E-state index in [1.165, 1.54) is 16.7 Å². The molecule has 1 aliphatic carbocycles. The highest BCUT2D eigenvalue weighted by Crippen LogP contribution is 2.49. The summed E-state index contributed by atoms with van der Waals surface area (Å²) in [6.45, 7) is 7.63. The zero-order valence-electron chi connectivity index (χ0n) is 14.7. The number of rotatable bonds is 2. The lowest BCUT2D eigenvalue weighted by molar-refractivity contribution is 0.0435. The first-order valence-electron chi connectivity index (χ1n) is 8.98. The predicted octanol–water partition coefficient (Wildman–Crippen LogP) is 4.74. The van der Waals surface area contributed by atoms with Crippen molar-refractivity contribution in [1.82, 2.24) is 10.2 Å². The van der Waals surface area contributed by atoms with Gasteiger partial charge in [0.2, 0.25) is 0 Å². The Kier molecular flexibility index (Phi) is 4.35. The maximum absolute atomic E-state index is 13.4. The Bertz CT molecular complexity index is 772. The summed E-state index contributed by atoms with van der Waals surface area (Å²) < 4.78 is 13.4. The first-order valence-corrected chi connectivity index (χ1v) is 9.36. The highest BCUT2D eigenvalue weighted by atomic mass is 35.5. The van der Waals surface area contributed by atoms with E-state index in [4.69, 9.17) is 11.6 Å². The lowest BCUT2D eigenvalue weighted by Crippen LogP contribution is -2.58. The fourth-order valence-electron chi connectivity index (χ4n) is 4.51. The zero-order valence-corrected chi connectivity index (χ0v) is 15.5. The Morgan fingerprint density at radius 1 is 1.12 bits per heavy atom. The molecule has 0 aromatic heterocycles. The van der Waals surface area contributed by atoms with Crippen LogP contribution >= 0.6 is 11.6 Å². The second-order valence-corrected chi connectivity index (χ2v) is 8.25. The molecule has 0 saturated carbocycles. The van der Waals surface area contributed by atoms with Crippen molar-refractivity contribution < 1.29 is 4.39 Å². The van der Waals surface area contributed by atoms with Gasteiger partial charge in [-0.25, -0.2) is 4.39 Å². The van der Waals surface area contributed by atoms with Crippen LogP contribution in [0.5, 0.6) is 0 Å². The number of hydrogen-bond acceptors (Lipinski definition) is 2. The van der Waals surface area contributed by atoms with Crippen molar-refractivity contribution >= 4 is 11.6 Å². The summed E-state index contributed by atoms with van der Waals surface area (Å²) in [5.74, 6) is 0.112. The molecule has 1 aliphatic heterocycles. The van der Waals surface area contributed by atoms with Gasteiger partial charge in [-0.1, -0.05) is 29.8 Å². The summed E-state index contributed by atoms with van der Waals surface area (Å²) >= 11 is 6.33. The maximum Gasteiger partial charge on any atom is 0.123 e. The highest BCUT2D eigenvalue weighted by molar-refractivity contribution is 6.30. The summed E-state index contributed by atoms with van der Waals surface area (Å²) in [7, 11) is 0. The Balaban J connectivity index is 1.75. The van der Waals surface area contributed by atoms with Gasteiger partial charge >= 0.3 is 0 Å². The van der Waals surface area contributed by atoms with Gasteiger partial charge < -0.3 is 5.32 Å². The first-order chi connectivity index (χ1) is 12.0. The van der Waals surface area contributed by atoms with E-state index in [1.54, 1.807) is 12.1 Å². The largest absolute Gasteiger partial charge is 0.314 e. The minimum atomic E-state index is -0.183. The van der Waals surface area contributed by atoms with Gasteiger partial charge in [-0.05, 0) is 61.2 Å². The van der Waals surface area contributed by atoms with Gasteiger partial charge in [0.1, 0.15) is 5.82 Å². The number of halogens is 2. The summed E-state index contributed by atoms with van der Waals surface area (Å²) in [5.41, 5.74) is 3.94. The molecule has 132 valence electrons. The smallest absolute Gasteiger partial charge is 0.123 e. The molecule has 25 heavy (non-hydrogen) atoms. The molecule has 1 N–H and O–H groups in total. The minimum absolute atomic E-state index is 0.0974. The summed E-state index contributed by atoms with van der Waals surface area (Å²) in [5, 5.41) is 4.29. The Labute approximate surface area is 154 Å².